The molecule has 0 saturated heterocycles. The summed E-state index contributed by atoms with van der Waals surface area (Å²) in [7, 11) is -7.62. The summed E-state index contributed by atoms with van der Waals surface area (Å²) in [6.45, 7) is 5.23. The number of rotatable bonds is 12. The van der Waals surface area contributed by atoms with Crippen molar-refractivity contribution in [3.05, 3.63) is 94.8 Å². The molecule has 0 atom stereocenters. The summed E-state index contributed by atoms with van der Waals surface area (Å²) in [6.07, 6.45) is 1.96. The van der Waals surface area contributed by atoms with Gasteiger partial charge in [-0.25, -0.2) is 21.6 Å². The zero-order valence-corrected chi connectivity index (χ0v) is 29.7. The van der Waals surface area contributed by atoms with E-state index in [1.165, 1.54) is 12.1 Å². The highest BCUT2D eigenvalue weighted by Crippen LogP contribution is 2.26. The van der Waals surface area contributed by atoms with Gasteiger partial charge in [-0.2, -0.15) is 18.7 Å². The molecule has 13 nitrogen and oxygen atoms in total. The molecule has 0 bridgehead atoms. The van der Waals surface area contributed by atoms with Crippen molar-refractivity contribution in [1.29, 1.82) is 0 Å². The zero-order valence-electron chi connectivity index (χ0n) is 25.7. The summed E-state index contributed by atoms with van der Waals surface area (Å²) < 4.78 is 66.8. The smallest absolute Gasteiger partial charge is 0.383 e. The van der Waals surface area contributed by atoms with Crippen molar-refractivity contribution in [1.82, 2.24) is 18.7 Å². The second kappa shape index (κ2) is 16.2. The summed E-state index contributed by atoms with van der Waals surface area (Å²) in [6, 6.07) is 20.8. The third-order valence-electron chi connectivity index (χ3n) is 6.27. The molecular formula is C30H29ClN6O7S4. The van der Waals surface area contributed by atoms with Crippen LogP contribution in [-0.4, -0.2) is 53.9 Å². The van der Waals surface area contributed by atoms with E-state index in [2.05, 4.69) is 39.8 Å². The normalized spacial score (nSPS) is 11.2. The van der Waals surface area contributed by atoms with Crippen molar-refractivity contribution in [2.75, 3.05) is 16.1 Å². The van der Waals surface area contributed by atoms with Crippen LogP contribution in [0.5, 0.6) is 0 Å². The standard InChI is InChI=1S/C17H17N3O2S2.C13H12ClN3O5S2/c1-2-6-13-9-11-15(12-10-13)24(21,22)20-17-18-16(19-23-17)14-7-4-3-5-8-14;1-3-22-12(19)10(18)11-15-13(23-16-11)17-24(20,21)9-6-4-5-8(14)7(9)2/h3-5,7-12H,2,6H2,1H3,(H,18,19,20);4-6H,3H2,1-2H3,(H,15,16,17). The number of aryl methyl sites for hydroxylation is 1. The highest BCUT2D eigenvalue weighted by molar-refractivity contribution is 7.93. The van der Waals surface area contributed by atoms with Gasteiger partial charge in [0.05, 0.1) is 16.4 Å². The van der Waals surface area contributed by atoms with Crippen LogP contribution in [0.25, 0.3) is 11.4 Å². The Kier molecular flexibility index (Phi) is 12.3. The van der Waals surface area contributed by atoms with Gasteiger partial charge in [0.25, 0.3) is 20.0 Å². The van der Waals surface area contributed by atoms with E-state index in [1.54, 1.807) is 32.0 Å². The van der Waals surface area contributed by atoms with E-state index < -0.39 is 37.6 Å². The van der Waals surface area contributed by atoms with Gasteiger partial charge in [0, 0.05) is 33.7 Å². The first-order chi connectivity index (χ1) is 22.8. The van der Waals surface area contributed by atoms with Crippen molar-refractivity contribution in [2.24, 2.45) is 0 Å². The largest absolute Gasteiger partial charge is 0.460 e. The fraction of sp³-hybridized carbons (Fsp3) is 0.200. The average Bonchev–Trinajstić information content (AvgIpc) is 3.72. The van der Waals surface area contributed by atoms with E-state index >= 15 is 0 Å². The number of hydrogen-bond acceptors (Lipinski definition) is 13. The molecule has 0 radical (unpaired) electrons. The highest BCUT2D eigenvalue weighted by atomic mass is 35.5. The summed E-state index contributed by atoms with van der Waals surface area (Å²) in [5.41, 5.74) is 2.35. The predicted octanol–water partition coefficient (Wildman–Crippen LogP) is 6.00. The second-order valence-corrected chi connectivity index (χ2v) is 15.0. The second-order valence-electron chi connectivity index (χ2n) is 9.73. The van der Waals surface area contributed by atoms with Crippen LogP contribution in [0.15, 0.2) is 82.6 Å². The lowest BCUT2D eigenvalue weighted by Gasteiger charge is -2.08. The van der Waals surface area contributed by atoms with Crippen molar-refractivity contribution in [3.8, 4) is 11.4 Å². The van der Waals surface area contributed by atoms with Gasteiger partial charge in [0.15, 0.2) is 5.82 Å². The first kappa shape index (κ1) is 36.5. The van der Waals surface area contributed by atoms with Crippen molar-refractivity contribution in [2.45, 2.75) is 43.4 Å². The van der Waals surface area contributed by atoms with Crippen LogP contribution in [0.3, 0.4) is 0 Å². The van der Waals surface area contributed by atoms with E-state index in [4.69, 9.17) is 11.6 Å². The molecular weight excluding hydrogens is 720 g/mol. The molecule has 5 aromatic rings. The van der Waals surface area contributed by atoms with E-state index in [0.717, 1.165) is 35.5 Å². The molecule has 0 amide bonds. The Balaban J connectivity index is 0.000000217. The van der Waals surface area contributed by atoms with E-state index in [0.29, 0.717) is 27.9 Å². The summed E-state index contributed by atoms with van der Waals surface area (Å²) >= 11 is 7.58. The van der Waals surface area contributed by atoms with Gasteiger partial charge in [-0.1, -0.05) is 73.5 Å². The minimum Gasteiger partial charge on any atom is -0.460 e. The molecule has 5 rings (SSSR count). The summed E-state index contributed by atoms with van der Waals surface area (Å²) in [5.74, 6) is -2.07. The van der Waals surface area contributed by atoms with Crippen LogP contribution < -0.4 is 9.44 Å². The molecule has 0 spiro atoms. The molecule has 2 aromatic heterocycles. The maximum Gasteiger partial charge on any atom is 0.383 e. The Hall–Kier alpha value is -4.29. The Morgan fingerprint density at radius 2 is 1.46 bits per heavy atom. The molecule has 2 N–H and O–H groups in total. The first-order valence-corrected chi connectivity index (χ1v) is 19.1. The van der Waals surface area contributed by atoms with Gasteiger partial charge >= 0.3 is 11.8 Å². The van der Waals surface area contributed by atoms with Gasteiger partial charge in [-0.3, -0.25) is 14.2 Å². The number of Topliss-reactive ketones (excluding diaryl/α,β-unsaturated/α-hetero) is 1. The minimum atomic E-state index is -3.96. The molecule has 0 aliphatic rings. The lowest BCUT2D eigenvalue weighted by atomic mass is 10.1. The van der Waals surface area contributed by atoms with Crippen LogP contribution >= 0.6 is 34.7 Å². The molecule has 0 saturated carbocycles. The Morgan fingerprint density at radius 3 is 2.12 bits per heavy atom. The number of sulfonamides is 2. The molecule has 0 fully saturated rings. The van der Waals surface area contributed by atoms with E-state index in [9.17, 15) is 26.4 Å². The van der Waals surface area contributed by atoms with Gasteiger partial charge < -0.3 is 4.74 Å². The molecule has 0 aliphatic heterocycles. The third kappa shape index (κ3) is 9.41. The number of esters is 1. The number of carbonyl (C=O) groups excluding carboxylic acids is 2. The molecule has 0 aliphatic carbocycles. The summed E-state index contributed by atoms with van der Waals surface area (Å²) in [4.78, 5) is 31.2. The number of aromatic nitrogens is 4. The Bertz CT molecular complexity index is 2100. The lowest BCUT2D eigenvalue weighted by molar-refractivity contribution is -0.137. The van der Waals surface area contributed by atoms with Gasteiger partial charge in [0.2, 0.25) is 16.1 Å². The predicted molar refractivity (Wildman–Crippen MR) is 184 cm³/mol. The van der Waals surface area contributed by atoms with Crippen LogP contribution in [0.4, 0.5) is 10.3 Å². The number of nitrogens with zero attached hydrogens (tertiary/aromatic N) is 4. The average molecular weight is 749 g/mol. The number of nitrogens with one attached hydrogen (secondary N) is 2. The molecule has 252 valence electrons. The SMILES string of the molecule is CCCc1ccc(S(=O)(=O)Nc2nc(-c3ccccc3)ns2)cc1.CCOC(=O)C(=O)c1nsc(NS(=O)(=O)c2cccc(Cl)c2C)n1. The lowest BCUT2D eigenvalue weighted by Crippen LogP contribution is -2.19. The Morgan fingerprint density at radius 1 is 0.812 bits per heavy atom. The number of carbonyl (C=O) groups is 2. The van der Waals surface area contributed by atoms with E-state index in [-0.39, 0.29) is 26.7 Å². The topological polar surface area (TPSA) is 187 Å². The first-order valence-electron chi connectivity index (χ1n) is 14.2. The maximum absolute atomic E-state index is 12.4. The van der Waals surface area contributed by atoms with Crippen molar-refractivity contribution in [3.63, 3.8) is 0 Å². The van der Waals surface area contributed by atoms with Gasteiger partial charge in [-0.05, 0) is 55.7 Å². The van der Waals surface area contributed by atoms with Gasteiger partial charge in [0.1, 0.15) is 0 Å². The molecule has 0 unspecified atom stereocenters. The number of hydrogen-bond donors (Lipinski definition) is 2. The van der Waals surface area contributed by atoms with Crippen LogP contribution in [0.2, 0.25) is 5.02 Å². The highest BCUT2D eigenvalue weighted by Gasteiger charge is 2.25. The number of ether oxygens (including phenoxy) is 1. The maximum atomic E-state index is 12.4. The van der Waals surface area contributed by atoms with E-state index in [1.807, 2.05) is 42.5 Å². The van der Waals surface area contributed by atoms with Crippen LogP contribution in [0, 0.1) is 6.92 Å². The van der Waals surface area contributed by atoms with Crippen molar-refractivity contribution < 1.29 is 31.2 Å². The molecule has 3 aromatic carbocycles. The quantitative estimate of drug-likeness (QED) is 0.0865. The monoisotopic (exact) mass is 748 g/mol. The number of benzene rings is 3. The molecule has 48 heavy (non-hydrogen) atoms. The van der Waals surface area contributed by atoms with Crippen molar-refractivity contribution >= 4 is 76.7 Å². The fourth-order valence-corrected chi connectivity index (χ4v) is 8.06. The molecule has 18 heteroatoms. The number of anilines is 2. The third-order valence-corrected chi connectivity index (χ3v) is 11.0. The van der Waals surface area contributed by atoms with Gasteiger partial charge in [-0.15, -0.1) is 0 Å². The zero-order chi connectivity index (χ0) is 34.9. The van der Waals surface area contributed by atoms with Crippen LogP contribution in [-0.2, 0) is 36.0 Å². The minimum absolute atomic E-state index is 0.0246. The Labute approximate surface area is 290 Å². The van der Waals surface area contributed by atoms with Crippen LogP contribution in [0.1, 0.15) is 42.0 Å². The number of halogens is 1. The molecule has 2 heterocycles. The number of ketones is 1. The summed E-state index contributed by atoms with van der Waals surface area (Å²) in [5, 5.41) is 0.404. The fourth-order valence-electron chi connectivity index (χ4n) is 3.96.